The summed E-state index contributed by atoms with van der Waals surface area (Å²) in [5.74, 6) is 0.0131. The molecule has 0 aliphatic rings. The predicted octanol–water partition coefficient (Wildman–Crippen LogP) is 0.755. The molecule has 0 fully saturated rings. The van der Waals surface area contributed by atoms with Crippen molar-refractivity contribution in [3.8, 4) is 0 Å². The van der Waals surface area contributed by atoms with Gasteiger partial charge in [0.2, 0.25) is 5.91 Å². The third-order valence-electron chi connectivity index (χ3n) is 2.50. The average Bonchev–Trinajstić information content (AvgIpc) is 2.68. The van der Waals surface area contributed by atoms with Gasteiger partial charge < -0.3 is 11.1 Å². The second kappa shape index (κ2) is 4.22. The molecule has 1 aromatic carbocycles. The molecule has 3 N–H and O–H groups in total. The standard InChI is InChI=1S/C11H14N4O/c1-13-11(16)4-5-15-10-3-2-9(12)6-8(10)7-14-15/h2-3,6-7H,4-5,12H2,1H3,(H,13,16). The number of aromatic nitrogens is 2. The molecular formula is C11H14N4O. The van der Waals surface area contributed by atoms with Crippen LogP contribution in [-0.4, -0.2) is 22.7 Å². The fourth-order valence-corrected chi connectivity index (χ4v) is 1.62. The Morgan fingerprint density at radius 2 is 2.38 bits per heavy atom. The lowest BCUT2D eigenvalue weighted by atomic mass is 10.2. The van der Waals surface area contributed by atoms with Gasteiger partial charge in [0.1, 0.15) is 0 Å². The lowest BCUT2D eigenvalue weighted by Gasteiger charge is -2.03. The molecule has 1 amide bonds. The van der Waals surface area contributed by atoms with Crippen LogP contribution in [0.5, 0.6) is 0 Å². The van der Waals surface area contributed by atoms with E-state index in [1.54, 1.807) is 13.2 Å². The number of fused-ring (bicyclic) bond motifs is 1. The number of hydrogen-bond acceptors (Lipinski definition) is 3. The van der Waals surface area contributed by atoms with E-state index in [-0.39, 0.29) is 5.91 Å². The zero-order valence-electron chi connectivity index (χ0n) is 9.10. The number of carbonyl (C=O) groups excluding carboxylic acids is 1. The number of nitrogen functional groups attached to an aromatic ring is 1. The highest BCUT2D eigenvalue weighted by molar-refractivity contribution is 5.82. The van der Waals surface area contributed by atoms with Gasteiger partial charge in [-0.2, -0.15) is 5.10 Å². The first-order valence-corrected chi connectivity index (χ1v) is 5.12. The number of nitrogens with zero attached hydrogens (tertiary/aromatic N) is 2. The van der Waals surface area contributed by atoms with Crippen molar-refractivity contribution in [2.24, 2.45) is 0 Å². The smallest absolute Gasteiger partial charge is 0.221 e. The van der Waals surface area contributed by atoms with Gasteiger partial charge in [-0.05, 0) is 18.2 Å². The maximum atomic E-state index is 11.1. The third kappa shape index (κ3) is 1.98. The number of amides is 1. The van der Waals surface area contributed by atoms with Crippen molar-refractivity contribution in [2.75, 3.05) is 12.8 Å². The summed E-state index contributed by atoms with van der Waals surface area (Å²) in [5, 5.41) is 7.81. The molecule has 0 spiro atoms. The summed E-state index contributed by atoms with van der Waals surface area (Å²) in [7, 11) is 1.63. The average molecular weight is 218 g/mol. The summed E-state index contributed by atoms with van der Waals surface area (Å²) in [6.45, 7) is 0.576. The Morgan fingerprint density at radius 1 is 1.56 bits per heavy atom. The number of nitrogens with two attached hydrogens (primary N) is 1. The van der Waals surface area contributed by atoms with E-state index in [2.05, 4.69) is 10.4 Å². The minimum atomic E-state index is 0.0131. The van der Waals surface area contributed by atoms with Crippen molar-refractivity contribution in [3.63, 3.8) is 0 Å². The minimum absolute atomic E-state index is 0.0131. The van der Waals surface area contributed by atoms with E-state index in [1.165, 1.54) is 0 Å². The van der Waals surface area contributed by atoms with E-state index < -0.39 is 0 Å². The van der Waals surface area contributed by atoms with Crippen molar-refractivity contribution in [1.82, 2.24) is 15.1 Å². The number of nitrogens with one attached hydrogen (secondary N) is 1. The molecular weight excluding hydrogens is 204 g/mol. The summed E-state index contributed by atoms with van der Waals surface area (Å²) in [4.78, 5) is 11.1. The fourth-order valence-electron chi connectivity index (χ4n) is 1.62. The molecule has 0 aliphatic carbocycles. The molecule has 1 heterocycles. The van der Waals surface area contributed by atoms with Gasteiger partial charge in [-0.15, -0.1) is 0 Å². The monoisotopic (exact) mass is 218 g/mol. The number of benzene rings is 1. The summed E-state index contributed by atoms with van der Waals surface area (Å²) in [6, 6.07) is 5.63. The van der Waals surface area contributed by atoms with Crippen LogP contribution in [0, 0.1) is 0 Å². The molecule has 16 heavy (non-hydrogen) atoms. The Balaban J connectivity index is 2.22. The van der Waals surface area contributed by atoms with Crippen LogP contribution in [-0.2, 0) is 11.3 Å². The predicted molar refractivity (Wildman–Crippen MR) is 62.8 cm³/mol. The Bertz CT molecular complexity index is 518. The molecule has 0 atom stereocenters. The van der Waals surface area contributed by atoms with Crippen molar-refractivity contribution < 1.29 is 4.79 Å². The van der Waals surface area contributed by atoms with Crippen molar-refractivity contribution in [2.45, 2.75) is 13.0 Å². The zero-order valence-corrected chi connectivity index (χ0v) is 9.10. The molecule has 0 aliphatic heterocycles. The van der Waals surface area contributed by atoms with Gasteiger partial charge in [0.25, 0.3) is 0 Å². The maximum absolute atomic E-state index is 11.1. The van der Waals surface area contributed by atoms with Gasteiger partial charge >= 0.3 is 0 Å². The molecule has 5 heteroatoms. The first-order valence-electron chi connectivity index (χ1n) is 5.12. The third-order valence-corrected chi connectivity index (χ3v) is 2.50. The number of hydrogen-bond donors (Lipinski definition) is 2. The van der Waals surface area contributed by atoms with Gasteiger partial charge in [0.15, 0.2) is 0 Å². The number of anilines is 1. The Morgan fingerprint density at radius 3 is 3.12 bits per heavy atom. The van der Waals surface area contributed by atoms with E-state index in [9.17, 15) is 4.79 Å². The second-order valence-electron chi connectivity index (χ2n) is 3.61. The van der Waals surface area contributed by atoms with Crippen LogP contribution in [0.25, 0.3) is 10.9 Å². The van der Waals surface area contributed by atoms with E-state index in [1.807, 2.05) is 22.9 Å². The number of aryl methyl sites for hydroxylation is 1. The number of rotatable bonds is 3. The minimum Gasteiger partial charge on any atom is -0.399 e. The van der Waals surface area contributed by atoms with Gasteiger partial charge in [-0.3, -0.25) is 9.48 Å². The number of carbonyl (C=O) groups is 1. The van der Waals surface area contributed by atoms with Crippen LogP contribution >= 0.6 is 0 Å². The highest BCUT2D eigenvalue weighted by Crippen LogP contribution is 2.16. The molecule has 84 valence electrons. The van der Waals surface area contributed by atoms with Crippen LogP contribution < -0.4 is 11.1 Å². The summed E-state index contributed by atoms with van der Waals surface area (Å²) >= 11 is 0. The first kappa shape index (κ1) is 10.5. The molecule has 1 aromatic heterocycles. The van der Waals surface area contributed by atoms with Gasteiger partial charge in [-0.1, -0.05) is 0 Å². The topological polar surface area (TPSA) is 72.9 Å². The highest BCUT2D eigenvalue weighted by atomic mass is 16.1. The molecule has 0 saturated carbocycles. The quantitative estimate of drug-likeness (QED) is 0.747. The lowest BCUT2D eigenvalue weighted by Crippen LogP contribution is -2.19. The molecule has 0 bridgehead atoms. The van der Waals surface area contributed by atoms with Gasteiger partial charge in [0, 0.05) is 24.5 Å². The van der Waals surface area contributed by atoms with E-state index >= 15 is 0 Å². The SMILES string of the molecule is CNC(=O)CCn1ncc2cc(N)ccc21. The van der Waals surface area contributed by atoms with E-state index in [0.29, 0.717) is 13.0 Å². The van der Waals surface area contributed by atoms with Crippen LogP contribution in [0.4, 0.5) is 5.69 Å². The summed E-state index contributed by atoms with van der Waals surface area (Å²) in [6.07, 6.45) is 2.19. The van der Waals surface area contributed by atoms with Crippen LogP contribution in [0.1, 0.15) is 6.42 Å². The van der Waals surface area contributed by atoms with Crippen LogP contribution in [0.15, 0.2) is 24.4 Å². The Labute approximate surface area is 93.2 Å². The normalized spacial score (nSPS) is 10.6. The Kier molecular flexibility index (Phi) is 2.76. The summed E-state index contributed by atoms with van der Waals surface area (Å²) < 4.78 is 1.81. The highest BCUT2D eigenvalue weighted by Gasteiger charge is 2.04. The van der Waals surface area contributed by atoms with Crippen molar-refractivity contribution >= 4 is 22.5 Å². The molecule has 0 radical (unpaired) electrons. The van der Waals surface area contributed by atoms with Gasteiger partial charge in [-0.25, -0.2) is 0 Å². The van der Waals surface area contributed by atoms with E-state index in [0.717, 1.165) is 16.6 Å². The molecule has 2 aromatic rings. The van der Waals surface area contributed by atoms with Crippen molar-refractivity contribution in [3.05, 3.63) is 24.4 Å². The largest absolute Gasteiger partial charge is 0.399 e. The maximum Gasteiger partial charge on any atom is 0.221 e. The molecule has 0 unspecified atom stereocenters. The van der Waals surface area contributed by atoms with Crippen LogP contribution in [0.2, 0.25) is 0 Å². The van der Waals surface area contributed by atoms with Crippen LogP contribution in [0.3, 0.4) is 0 Å². The molecule has 5 nitrogen and oxygen atoms in total. The lowest BCUT2D eigenvalue weighted by molar-refractivity contribution is -0.120. The molecule has 2 rings (SSSR count). The summed E-state index contributed by atoms with van der Waals surface area (Å²) in [5.41, 5.74) is 7.39. The van der Waals surface area contributed by atoms with Crippen molar-refractivity contribution in [1.29, 1.82) is 0 Å². The van der Waals surface area contributed by atoms with Gasteiger partial charge in [0.05, 0.1) is 18.3 Å². The second-order valence-corrected chi connectivity index (χ2v) is 3.61. The Hall–Kier alpha value is -2.04. The fraction of sp³-hybridized carbons (Fsp3) is 0.273. The molecule has 0 saturated heterocycles. The van der Waals surface area contributed by atoms with E-state index in [4.69, 9.17) is 5.73 Å². The zero-order chi connectivity index (χ0) is 11.5. The first-order chi connectivity index (χ1) is 7.70.